The number of nitrogens with zero attached hydrogens (tertiary/aromatic N) is 3. The average molecular weight is 456 g/mol. The summed E-state index contributed by atoms with van der Waals surface area (Å²) in [6, 6.07) is 3.37. The van der Waals surface area contributed by atoms with Gasteiger partial charge in [-0.2, -0.15) is 0 Å². The summed E-state index contributed by atoms with van der Waals surface area (Å²) in [7, 11) is 2.23. The number of aliphatic hydroxyl groups excluding tert-OH is 1. The van der Waals surface area contributed by atoms with Crippen molar-refractivity contribution in [1.29, 1.82) is 0 Å². The molecule has 3 atom stereocenters. The minimum Gasteiger partial charge on any atom is -0.394 e. The molecule has 3 rings (SSSR count). The minimum atomic E-state index is -0.727. The molecule has 2 N–H and O–H groups in total. The van der Waals surface area contributed by atoms with E-state index in [4.69, 9.17) is 4.74 Å². The van der Waals surface area contributed by atoms with Crippen molar-refractivity contribution in [2.24, 2.45) is 0 Å². The lowest BCUT2D eigenvalue weighted by Crippen LogP contribution is -2.33. The molecule has 0 unspecified atom stereocenters. The second-order valence-corrected chi connectivity index (χ2v) is 8.89. The van der Waals surface area contributed by atoms with Gasteiger partial charge in [0.2, 0.25) is 0 Å². The summed E-state index contributed by atoms with van der Waals surface area (Å²) < 4.78 is 6.97. The molecular weight excluding hydrogens is 440 g/mol. The fraction of sp³-hybridized carbons (Fsp3) is 0.375. The Morgan fingerprint density at radius 1 is 1.30 bits per heavy atom. The molecule has 1 aliphatic heterocycles. The average Bonchev–Trinajstić information content (AvgIpc) is 3.11. The third kappa shape index (κ3) is 4.56. The first-order valence-corrected chi connectivity index (χ1v) is 10.8. The van der Waals surface area contributed by atoms with E-state index in [0.717, 1.165) is 16.9 Å². The lowest BCUT2D eigenvalue weighted by Gasteiger charge is -2.15. The van der Waals surface area contributed by atoms with Gasteiger partial charge in [-0.15, -0.1) is 0 Å². The van der Waals surface area contributed by atoms with Gasteiger partial charge in [-0.05, 0) is 13.0 Å². The van der Waals surface area contributed by atoms with Crippen LogP contribution in [0.4, 0.5) is 11.4 Å². The number of aromatic amines is 1. The van der Waals surface area contributed by atoms with Crippen LogP contribution >= 0.6 is 21.6 Å². The fourth-order valence-corrected chi connectivity index (χ4v) is 5.68. The molecule has 1 fully saturated rings. The Morgan fingerprint density at radius 3 is 2.67 bits per heavy atom. The van der Waals surface area contributed by atoms with Crippen molar-refractivity contribution in [1.82, 2.24) is 9.55 Å². The van der Waals surface area contributed by atoms with E-state index in [1.54, 1.807) is 6.92 Å². The van der Waals surface area contributed by atoms with E-state index in [1.807, 2.05) is 0 Å². The number of hydrogen-bond acceptors (Lipinski definition) is 10. The summed E-state index contributed by atoms with van der Waals surface area (Å²) in [4.78, 5) is 46.8. The zero-order chi connectivity index (χ0) is 22.0. The lowest BCUT2D eigenvalue weighted by atomic mass is 10.2. The summed E-state index contributed by atoms with van der Waals surface area (Å²) in [5.41, 5.74) is -1.60. The van der Waals surface area contributed by atoms with Gasteiger partial charge in [0.15, 0.2) is 0 Å². The van der Waals surface area contributed by atoms with E-state index in [2.05, 4.69) is 4.98 Å². The molecule has 30 heavy (non-hydrogen) atoms. The van der Waals surface area contributed by atoms with Gasteiger partial charge in [0.05, 0.1) is 33.5 Å². The number of rotatable bonds is 7. The molecule has 1 saturated heterocycles. The molecule has 1 aliphatic rings. The van der Waals surface area contributed by atoms with E-state index in [-0.39, 0.29) is 22.4 Å². The van der Waals surface area contributed by atoms with Crippen molar-refractivity contribution in [2.45, 2.75) is 35.8 Å². The number of non-ortho nitro benzene ring substituents is 1. The molecule has 2 heterocycles. The molecule has 160 valence electrons. The van der Waals surface area contributed by atoms with Crippen LogP contribution in [0.25, 0.3) is 0 Å². The third-order valence-electron chi connectivity index (χ3n) is 4.43. The molecule has 0 amide bonds. The number of hydrogen-bond donors (Lipinski definition) is 2. The summed E-state index contributed by atoms with van der Waals surface area (Å²) in [5, 5.41) is 31.4. The fourth-order valence-electron chi connectivity index (χ4n) is 2.88. The van der Waals surface area contributed by atoms with E-state index in [1.165, 1.54) is 33.7 Å². The molecule has 0 bridgehead atoms. The molecule has 12 nitrogen and oxygen atoms in total. The van der Waals surface area contributed by atoms with Crippen LogP contribution < -0.4 is 11.2 Å². The van der Waals surface area contributed by atoms with Gasteiger partial charge < -0.3 is 9.84 Å². The third-order valence-corrected chi connectivity index (χ3v) is 7.36. The van der Waals surface area contributed by atoms with Crippen molar-refractivity contribution < 1.29 is 19.7 Å². The van der Waals surface area contributed by atoms with Gasteiger partial charge in [-0.1, -0.05) is 21.6 Å². The van der Waals surface area contributed by atoms with E-state index in [9.17, 15) is 34.9 Å². The van der Waals surface area contributed by atoms with Crippen LogP contribution in [0.3, 0.4) is 0 Å². The number of aryl methyl sites for hydroxylation is 1. The van der Waals surface area contributed by atoms with Crippen LogP contribution in [0.1, 0.15) is 18.2 Å². The monoisotopic (exact) mass is 456 g/mol. The topological polar surface area (TPSA) is 171 Å². The molecule has 2 aromatic rings. The molecule has 0 aliphatic carbocycles. The second kappa shape index (κ2) is 8.99. The first-order chi connectivity index (χ1) is 14.2. The first kappa shape index (κ1) is 22.0. The van der Waals surface area contributed by atoms with Crippen LogP contribution in [0.5, 0.6) is 0 Å². The predicted octanol–water partition coefficient (Wildman–Crippen LogP) is 1.75. The molecule has 0 saturated carbocycles. The van der Waals surface area contributed by atoms with Crippen molar-refractivity contribution in [3.63, 3.8) is 0 Å². The standard InChI is InChI=1S/C16H16N4O8S2/c1-8-6-18(16(23)17-15(8)22)14-5-13(11(7-21)28-14)30-29-12-3-2-9(19(24)25)4-10(12)20(26)27/h2-4,6,11,13-14,21H,5,7H2,1H3,(H,17,22,23)/t11-,13+,14-/m1/s1. The Balaban J connectivity index is 1.78. The van der Waals surface area contributed by atoms with Gasteiger partial charge in [0.1, 0.15) is 6.23 Å². The van der Waals surface area contributed by atoms with Gasteiger partial charge in [-0.25, -0.2) is 4.79 Å². The number of nitrogens with one attached hydrogen (secondary N) is 1. The highest BCUT2D eigenvalue weighted by Gasteiger charge is 2.37. The van der Waals surface area contributed by atoms with Crippen LogP contribution in [-0.4, -0.2) is 42.5 Å². The SMILES string of the molecule is Cc1cn([C@H]2C[C@H](SSc3ccc([N+](=O)[O-])cc3[N+](=O)[O-])[C@@H](CO)O2)c(=O)[nH]c1=O. The molecule has 0 spiro atoms. The largest absolute Gasteiger partial charge is 0.394 e. The maximum absolute atomic E-state index is 12.1. The number of aromatic nitrogens is 2. The van der Waals surface area contributed by atoms with Crippen LogP contribution in [0.2, 0.25) is 0 Å². The van der Waals surface area contributed by atoms with Crippen LogP contribution in [-0.2, 0) is 4.74 Å². The van der Waals surface area contributed by atoms with E-state index >= 15 is 0 Å². The normalized spacial score (nSPS) is 20.9. The Hall–Kier alpha value is -2.68. The minimum absolute atomic E-state index is 0.216. The van der Waals surface area contributed by atoms with E-state index < -0.39 is 39.1 Å². The highest BCUT2D eigenvalue weighted by Crippen LogP contribution is 2.46. The summed E-state index contributed by atoms with van der Waals surface area (Å²) in [5.74, 6) is 0. The number of nitro benzene ring substituents is 2. The van der Waals surface area contributed by atoms with Crippen LogP contribution in [0.15, 0.2) is 38.9 Å². The number of ether oxygens (including phenoxy) is 1. The van der Waals surface area contributed by atoms with Gasteiger partial charge >= 0.3 is 5.69 Å². The number of aliphatic hydroxyl groups is 1. The molecule has 1 aromatic heterocycles. The quantitative estimate of drug-likeness (QED) is 0.355. The highest BCUT2D eigenvalue weighted by atomic mass is 33.1. The number of nitro groups is 2. The molecule has 1 aromatic carbocycles. The highest BCUT2D eigenvalue weighted by molar-refractivity contribution is 8.77. The van der Waals surface area contributed by atoms with Crippen molar-refractivity contribution in [2.75, 3.05) is 6.61 Å². The van der Waals surface area contributed by atoms with Crippen molar-refractivity contribution in [3.05, 3.63) is 71.0 Å². The second-order valence-electron chi connectivity index (χ2n) is 6.41. The molecule has 14 heteroatoms. The Kier molecular flexibility index (Phi) is 6.60. The van der Waals surface area contributed by atoms with Gasteiger partial charge in [0.25, 0.3) is 16.9 Å². The Labute approximate surface area is 176 Å². The number of benzene rings is 1. The smallest absolute Gasteiger partial charge is 0.330 e. The Bertz CT molecular complexity index is 1100. The van der Waals surface area contributed by atoms with Crippen LogP contribution in [0, 0.1) is 27.2 Å². The summed E-state index contributed by atoms with van der Waals surface area (Å²) >= 11 is 0. The maximum atomic E-state index is 12.1. The van der Waals surface area contributed by atoms with Crippen molar-refractivity contribution >= 4 is 33.0 Å². The number of H-pyrrole nitrogens is 1. The van der Waals surface area contributed by atoms with Gasteiger partial charge in [-0.3, -0.25) is 34.6 Å². The first-order valence-electron chi connectivity index (χ1n) is 8.55. The zero-order valence-electron chi connectivity index (χ0n) is 15.4. The molecule has 0 radical (unpaired) electrons. The summed E-state index contributed by atoms with van der Waals surface area (Å²) in [6.07, 6.45) is 0.301. The predicted molar refractivity (Wildman–Crippen MR) is 109 cm³/mol. The van der Waals surface area contributed by atoms with Crippen molar-refractivity contribution in [3.8, 4) is 0 Å². The summed E-state index contributed by atoms with van der Waals surface area (Å²) in [6.45, 7) is 1.21. The lowest BCUT2D eigenvalue weighted by molar-refractivity contribution is -0.396. The maximum Gasteiger partial charge on any atom is 0.330 e. The zero-order valence-corrected chi connectivity index (χ0v) is 17.1. The Morgan fingerprint density at radius 2 is 2.03 bits per heavy atom. The molecular formula is C16H16N4O8S2. The van der Waals surface area contributed by atoms with E-state index in [0.29, 0.717) is 12.0 Å². The van der Waals surface area contributed by atoms with Gasteiger partial charge in [0, 0.05) is 29.5 Å².